The van der Waals surface area contributed by atoms with Gasteiger partial charge in [-0.2, -0.15) is 4.39 Å². The third-order valence-electron chi connectivity index (χ3n) is 1.78. The van der Waals surface area contributed by atoms with Crippen molar-refractivity contribution in [3.8, 4) is 0 Å². The van der Waals surface area contributed by atoms with Crippen LogP contribution in [0.25, 0.3) is 0 Å². The molecule has 0 heterocycles. The van der Waals surface area contributed by atoms with Crippen LogP contribution in [0.2, 0.25) is 0 Å². The Bertz CT molecular complexity index is 480. The van der Waals surface area contributed by atoms with Crippen LogP contribution in [0.1, 0.15) is 10.4 Å². The van der Waals surface area contributed by atoms with E-state index in [2.05, 4.69) is 0 Å². The molecule has 3 nitrogen and oxygen atoms in total. The summed E-state index contributed by atoms with van der Waals surface area (Å²) in [6.45, 7) is 0. The number of alkyl halides is 6. The molecule has 1 aromatic carbocycles. The molecule has 0 radical (unpaired) electrons. The zero-order valence-electron chi connectivity index (χ0n) is 9.20. The van der Waals surface area contributed by atoms with Crippen LogP contribution in [-0.2, 0) is 0 Å². The summed E-state index contributed by atoms with van der Waals surface area (Å²) < 4.78 is 47.6. The van der Waals surface area contributed by atoms with Crippen LogP contribution in [0, 0.1) is 0 Å². The Balaban J connectivity index is 0.00000361. The molecule has 0 aliphatic carbocycles. The van der Waals surface area contributed by atoms with Gasteiger partial charge in [-0.1, -0.05) is 35.3 Å². The van der Waals surface area contributed by atoms with Crippen molar-refractivity contribution < 1.29 is 32.2 Å². The van der Waals surface area contributed by atoms with Gasteiger partial charge in [-0.25, -0.2) is 9.10 Å². The molecule has 11 heteroatoms. The van der Waals surface area contributed by atoms with Crippen molar-refractivity contribution in [2.75, 3.05) is 4.31 Å². The first-order valence-corrected chi connectivity index (χ1v) is 6.00. The number of hydrogen-bond donors (Lipinski definition) is 1. The number of halogens is 7. The van der Waals surface area contributed by atoms with Crippen molar-refractivity contribution >= 4 is 46.8 Å². The van der Waals surface area contributed by atoms with Gasteiger partial charge in [0.2, 0.25) is 0 Å². The number of carboxylic acid groups (broad SMARTS) is 1. The quantitative estimate of drug-likeness (QED) is 0.371. The van der Waals surface area contributed by atoms with E-state index in [-0.39, 0.29) is 4.70 Å². The fourth-order valence-electron chi connectivity index (χ4n) is 1.17. The predicted molar refractivity (Wildman–Crippen MR) is 67.6 cm³/mol. The Morgan fingerprint density at radius 2 is 1.70 bits per heavy atom. The Morgan fingerprint density at radius 3 is 2.10 bits per heavy atom. The Kier molecular flexibility index (Phi) is 6.37. The van der Waals surface area contributed by atoms with Crippen LogP contribution >= 0.6 is 35.1 Å². The monoisotopic (exact) mass is 357 g/mol. The Labute approximate surface area is 123 Å². The summed E-state index contributed by atoms with van der Waals surface area (Å²) in [6.07, 6.45) is -5.07. The highest BCUT2D eigenvalue weighted by atomic mass is 35.5. The van der Waals surface area contributed by atoms with Crippen LogP contribution < -0.4 is 4.31 Å². The molecule has 1 aromatic rings. The van der Waals surface area contributed by atoms with Crippen molar-refractivity contribution in [1.82, 2.24) is 0 Å². The molecule has 0 fully saturated rings. The lowest BCUT2D eigenvalue weighted by atomic mass is 10.2. The maximum absolute atomic E-state index is 13.0. The standard InChI is InChI=1S/C9H5Cl2F4NO2S.FH/c10-8(11,12)19-16(9(13,14)15)6-4-2-1-3-5(6)7(17)18;/h1-4H,(H,17,18);1H. The predicted octanol–water partition coefficient (Wildman–Crippen LogP) is 4.57. The Morgan fingerprint density at radius 1 is 1.20 bits per heavy atom. The third-order valence-corrected chi connectivity index (χ3v) is 2.99. The first kappa shape index (κ1) is 19.1. The number of rotatable bonds is 4. The number of para-hydroxylation sites is 1. The highest BCUT2D eigenvalue weighted by Gasteiger charge is 2.45. The van der Waals surface area contributed by atoms with E-state index in [0.717, 1.165) is 12.1 Å². The molecular weight excluding hydrogens is 352 g/mol. The van der Waals surface area contributed by atoms with Crippen molar-refractivity contribution in [1.29, 1.82) is 0 Å². The van der Waals surface area contributed by atoms with Gasteiger partial charge in [0.25, 0.3) is 0 Å². The van der Waals surface area contributed by atoms with Crippen LogP contribution in [-0.4, -0.2) is 21.3 Å². The number of carbonyl (C=O) groups is 1. The van der Waals surface area contributed by atoms with Gasteiger partial charge in [-0.05, 0) is 12.1 Å². The third kappa shape index (κ3) is 5.22. The molecule has 0 spiro atoms. The molecule has 0 saturated heterocycles. The average Bonchev–Trinajstić information content (AvgIpc) is 2.23. The minimum Gasteiger partial charge on any atom is -0.478 e. The van der Waals surface area contributed by atoms with Gasteiger partial charge in [-0.3, -0.25) is 4.70 Å². The number of aromatic carboxylic acids is 1. The zero-order valence-corrected chi connectivity index (χ0v) is 11.5. The highest BCUT2D eigenvalue weighted by Crippen LogP contribution is 2.46. The fraction of sp³-hybridized carbons (Fsp3) is 0.222. The van der Waals surface area contributed by atoms with Crippen molar-refractivity contribution in [2.45, 2.75) is 10.2 Å². The van der Waals surface area contributed by atoms with Crippen LogP contribution in [0.3, 0.4) is 0 Å². The summed E-state index contributed by atoms with van der Waals surface area (Å²) in [4.78, 5) is 10.9. The van der Waals surface area contributed by atoms with Gasteiger partial charge < -0.3 is 5.11 Å². The van der Waals surface area contributed by atoms with E-state index in [1.54, 1.807) is 0 Å². The van der Waals surface area contributed by atoms with E-state index >= 15 is 0 Å². The molecular formula is C9H6Cl2F5NO2S. The molecule has 0 amide bonds. The van der Waals surface area contributed by atoms with Crippen LogP contribution in [0.5, 0.6) is 0 Å². The number of carboxylic acids is 1. The van der Waals surface area contributed by atoms with Gasteiger partial charge in [-0.15, -0.1) is 13.2 Å². The van der Waals surface area contributed by atoms with Crippen molar-refractivity contribution in [2.24, 2.45) is 0 Å². The van der Waals surface area contributed by atoms with E-state index < -0.39 is 43.7 Å². The lowest BCUT2D eigenvalue weighted by Crippen LogP contribution is -2.35. The topological polar surface area (TPSA) is 40.5 Å². The molecule has 0 aromatic heterocycles. The second-order valence-electron chi connectivity index (χ2n) is 3.12. The van der Waals surface area contributed by atoms with Gasteiger partial charge in [0.15, 0.2) is 0 Å². The van der Waals surface area contributed by atoms with E-state index in [1.807, 2.05) is 0 Å². The van der Waals surface area contributed by atoms with Gasteiger partial charge in [0.05, 0.1) is 11.3 Å². The average molecular weight is 358 g/mol. The minimum atomic E-state index is -5.07. The first-order valence-electron chi connectivity index (χ1n) is 4.47. The molecule has 114 valence electrons. The van der Waals surface area contributed by atoms with E-state index in [1.165, 1.54) is 12.1 Å². The minimum absolute atomic E-state index is 0. The number of benzene rings is 1. The van der Waals surface area contributed by atoms with E-state index in [0.29, 0.717) is 0 Å². The molecule has 1 N–H and O–H groups in total. The van der Waals surface area contributed by atoms with Gasteiger partial charge in [0, 0.05) is 11.9 Å². The number of nitrogens with zero attached hydrogens (tertiary/aromatic N) is 1. The summed E-state index contributed by atoms with van der Waals surface area (Å²) in [7, 11) is 0. The first-order chi connectivity index (χ1) is 8.52. The normalized spacial score (nSPS) is 11.7. The highest BCUT2D eigenvalue weighted by molar-refractivity contribution is 8.04. The van der Waals surface area contributed by atoms with Crippen molar-refractivity contribution in [3.05, 3.63) is 29.8 Å². The molecule has 20 heavy (non-hydrogen) atoms. The lowest BCUT2D eigenvalue weighted by molar-refractivity contribution is -0.114. The largest absolute Gasteiger partial charge is 0.495 e. The number of hydrogen-bond acceptors (Lipinski definition) is 3. The van der Waals surface area contributed by atoms with Crippen molar-refractivity contribution in [3.63, 3.8) is 0 Å². The summed E-state index contributed by atoms with van der Waals surface area (Å²) in [5, 5.41) is 8.82. The smallest absolute Gasteiger partial charge is 0.478 e. The zero-order chi connectivity index (χ0) is 14.8. The second-order valence-corrected chi connectivity index (χ2v) is 5.92. The molecule has 0 atom stereocenters. The summed E-state index contributed by atoms with van der Waals surface area (Å²) in [5.41, 5.74) is -1.44. The SMILES string of the molecule is F.O=C(O)c1ccccc1N(SC(F)(Cl)Cl)C(F)(F)F. The fourth-order valence-corrected chi connectivity index (χ4v) is 2.15. The van der Waals surface area contributed by atoms with Gasteiger partial charge in [0.1, 0.15) is 0 Å². The number of anilines is 1. The Hall–Kier alpha value is -0.930. The summed E-state index contributed by atoms with van der Waals surface area (Å²) >= 11 is 9.18. The summed E-state index contributed by atoms with van der Waals surface area (Å²) in [6, 6.07) is 4.21. The van der Waals surface area contributed by atoms with Gasteiger partial charge >= 0.3 is 16.2 Å². The molecule has 0 bridgehead atoms. The molecule has 1 rings (SSSR count). The molecule has 0 saturated carbocycles. The van der Waals surface area contributed by atoms with E-state index in [4.69, 9.17) is 28.3 Å². The van der Waals surface area contributed by atoms with Crippen LogP contribution in [0.15, 0.2) is 24.3 Å². The molecule has 0 unspecified atom stereocenters. The molecule has 0 aliphatic heterocycles. The second kappa shape index (κ2) is 6.68. The lowest BCUT2D eigenvalue weighted by Gasteiger charge is -2.28. The summed E-state index contributed by atoms with van der Waals surface area (Å²) in [5.74, 6) is -1.60. The van der Waals surface area contributed by atoms with Crippen LogP contribution in [0.4, 0.5) is 28.0 Å². The maximum Gasteiger partial charge on any atom is 0.495 e. The van der Waals surface area contributed by atoms with E-state index in [9.17, 15) is 22.4 Å². The maximum atomic E-state index is 13.0. The molecule has 0 aliphatic rings.